The van der Waals surface area contributed by atoms with Crippen LogP contribution in [0.2, 0.25) is 0 Å². The Labute approximate surface area is 105 Å². The minimum atomic E-state index is -3.66. The first-order valence-corrected chi connectivity index (χ1v) is 6.62. The van der Waals surface area contributed by atoms with Crippen molar-refractivity contribution in [2.75, 3.05) is 10.5 Å². The Kier molecular flexibility index (Phi) is 3.15. The molecule has 2 rings (SSSR count). The van der Waals surface area contributed by atoms with Crippen molar-refractivity contribution >= 4 is 21.5 Å². The van der Waals surface area contributed by atoms with E-state index < -0.39 is 10.0 Å². The number of hydrogen-bond donors (Lipinski definition) is 2. The molecule has 18 heavy (non-hydrogen) atoms. The Hall–Kier alpha value is -2.15. The zero-order valence-electron chi connectivity index (χ0n) is 9.66. The van der Waals surface area contributed by atoms with Crippen LogP contribution >= 0.6 is 0 Å². The van der Waals surface area contributed by atoms with E-state index in [2.05, 4.69) is 14.7 Å². The van der Waals surface area contributed by atoms with Gasteiger partial charge in [0.05, 0.1) is 11.9 Å². The number of hydrogen-bond acceptors (Lipinski definition) is 5. The van der Waals surface area contributed by atoms with E-state index in [1.54, 1.807) is 19.1 Å². The van der Waals surface area contributed by atoms with Crippen LogP contribution in [0.25, 0.3) is 0 Å². The summed E-state index contributed by atoms with van der Waals surface area (Å²) in [5, 5.41) is 0. The lowest BCUT2D eigenvalue weighted by molar-refractivity contribution is 0.600. The third-order valence-corrected chi connectivity index (χ3v) is 3.67. The molecule has 0 aliphatic rings. The number of pyridine rings is 2. The van der Waals surface area contributed by atoms with E-state index in [0.29, 0.717) is 5.69 Å². The van der Waals surface area contributed by atoms with Crippen LogP contribution in [0, 0.1) is 6.92 Å². The highest BCUT2D eigenvalue weighted by Crippen LogP contribution is 2.16. The minimum Gasteiger partial charge on any atom is -0.397 e. The highest BCUT2D eigenvalue weighted by molar-refractivity contribution is 7.92. The molecule has 0 amide bonds. The summed E-state index contributed by atoms with van der Waals surface area (Å²) < 4.78 is 26.3. The van der Waals surface area contributed by atoms with Gasteiger partial charge in [0.2, 0.25) is 0 Å². The van der Waals surface area contributed by atoms with Crippen LogP contribution in [-0.2, 0) is 10.0 Å². The summed E-state index contributed by atoms with van der Waals surface area (Å²) in [6.45, 7) is 1.78. The average Bonchev–Trinajstić information content (AvgIpc) is 2.35. The first kappa shape index (κ1) is 12.3. The molecule has 0 spiro atoms. The molecule has 7 heteroatoms. The van der Waals surface area contributed by atoms with Gasteiger partial charge < -0.3 is 5.73 Å². The van der Waals surface area contributed by atoms with Gasteiger partial charge in [-0.2, -0.15) is 0 Å². The Morgan fingerprint density at radius 2 is 2.11 bits per heavy atom. The van der Waals surface area contributed by atoms with Crippen molar-refractivity contribution in [1.29, 1.82) is 0 Å². The van der Waals surface area contributed by atoms with Crippen LogP contribution in [0.1, 0.15) is 5.56 Å². The zero-order chi connectivity index (χ0) is 13.2. The van der Waals surface area contributed by atoms with E-state index in [1.807, 2.05) is 0 Å². The van der Waals surface area contributed by atoms with Gasteiger partial charge >= 0.3 is 0 Å². The molecular formula is C11H12N4O2S. The van der Waals surface area contributed by atoms with Gasteiger partial charge in [-0.3, -0.25) is 9.71 Å². The minimum absolute atomic E-state index is 0.0845. The molecule has 0 aliphatic heterocycles. The number of nitrogens with one attached hydrogen (secondary N) is 1. The second-order valence-corrected chi connectivity index (χ2v) is 5.40. The second kappa shape index (κ2) is 4.61. The number of aromatic nitrogens is 2. The van der Waals surface area contributed by atoms with E-state index in [4.69, 9.17) is 5.73 Å². The van der Waals surface area contributed by atoms with E-state index in [-0.39, 0.29) is 10.7 Å². The van der Waals surface area contributed by atoms with Gasteiger partial charge in [-0.15, -0.1) is 0 Å². The number of nitrogens with zero attached hydrogens (tertiary/aromatic N) is 2. The topological polar surface area (TPSA) is 98.0 Å². The molecule has 0 fully saturated rings. The lowest BCUT2D eigenvalue weighted by Crippen LogP contribution is -2.14. The largest absolute Gasteiger partial charge is 0.397 e. The maximum Gasteiger partial charge on any atom is 0.264 e. The highest BCUT2D eigenvalue weighted by Gasteiger charge is 2.14. The maximum absolute atomic E-state index is 12.0. The smallest absolute Gasteiger partial charge is 0.264 e. The number of aryl methyl sites for hydroxylation is 1. The molecule has 94 valence electrons. The van der Waals surface area contributed by atoms with Crippen molar-refractivity contribution in [3.63, 3.8) is 0 Å². The van der Waals surface area contributed by atoms with Crippen molar-refractivity contribution in [2.24, 2.45) is 0 Å². The fourth-order valence-corrected chi connectivity index (χ4v) is 2.29. The molecule has 0 bridgehead atoms. The van der Waals surface area contributed by atoms with Gasteiger partial charge in [0, 0.05) is 12.4 Å². The summed E-state index contributed by atoms with van der Waals surface area (Å²) in [6.07, 6.45) is 4.19. The van der Waals surface area contributed by atoms with Crippen LogP contribution in [0.3, 0.4) is 0 Å². The molecule has 0 saturated heterocycles. The molecule has 0 unspecified atom stereocenters. The number of anilines is 2. The monoisotopic (exact) mass is 264 g/mol. The zero-order valence-corrected chi connectivity index (χ0v) is 10.5. The highest BCUT2D eigenvalue weighted by atomic mass is 32.2. The van der Waals surface area contributed by atoms with E-state index in [9.17, 15) is 8.42 Å². The third-order valence-electron chi connectivity index (χ3n) is 2.33. The molecule has 2 aromatic rings. The van der Waals surface area contributed by atoms with Gasteiger partial charge in [-0.05, 0) is 30.7 Å². The van der Waals surface area contributed by atoms with Crippen LogP contribution in [0.5, 0.6) is 0 Å². The van der Waals surface area contributed by atoms with Crippen LogP contribution in [-0.4, -0.2) is 18.4 Å². The predicted octanol–water partition coefficient (Wildman–Crippen LogP) is 1.17. The maximum atomic E-state index is 12.0. The van der Waals surface area contributed by atoms with Gasteiger partial charge in [-0.1, -0.05) is 0 Å². The lowest BCUT2D eigenvalue weighted by atomic mass is 10.2. The third kappa shape index (κ3) is 2.57. The Morgan fingerprint density at radius 1 is 1.33 bits per heavy atom. The van der Waals surface area contributed by atoms with Crippen LogP contribution in [0.4, 0.5) is 11.5 Å². The van der Waals surface area contributed by atoms with Gasteiger partial charge in [0.15, 0.2) is 0 Å². The quantitative estimate of drug-likeness (QED) is 0.867. The summed E-state index contributed by atoms with van der Waals surface area (Å²) in [4.78, 5) is 7.76. The molecule has 0 radical (unpaired) electrons. The number of nitrogen functional groups attached to an aromatic ring is 1. The number of rotatable bonds is 3. The van der Waals surface area contributed by atoms with Crippen molar-refractivity contribution in [3.05, 3.63) is 42.4 Å². The molecule has 0 aliphatic carbocycles. The molecular weight excluding hydrogens is 252 g/mol. The summed E-state index contributed by atoms with van der Waals surface area (Å²) in [5.41, 5.74) is 6.89. The molecule has 0 aromatic carbocycles. The van der Waals surface area contributed by atoms with Crippen LogP contribution < -0.4 is 10.5 Å². The van der Waals surface area contributed by atoms with Gasteiger partial charge in [0.1, 0.15) is 10.7 Å². The number of sulfonamides is 1. The Balaban J connectivity index is 2.31. The Morgan fingerprint density at radius 3 is 2.72 bits per heavy atom. The van der Waals surface area contributed by atoms with E-state index >= 15 is 0 Å². The molecule has 2 heterocycles. The van der Waals surface area contributed by atoms with Crippen molar-refractivity contribution < 1.29 is 8.42 Å². The van der Waals surface area contributed by atoms with Crippen LogP contribution in [0.15, 0.2) is 41.7 Å². The fourth-order valence-electron chi connectivity index (χ4n) is 1.33. The van der Waals surface area contributed by atoms with E-state index in [0.717, 1.165) is 5.56 Å². The molecule has 0 atom stereocenters. The van der Waals surface area contributed by atoms with Gasteiger partial charge in [0.25, 0.3) is 10.0 Å². The summed E-state index contributed by atoms with van der Waals surface area (Å²) in [7, 11) is -3.66. The molecule has 0 saturated carbocycles. The first-order valence-electron chi connectivity index (χ1n) is 5.14. The normalized spacial score (nSPS) is 11.2. The molecule has 3 N–H and O–H groups in total. The molecule has 2 aromatic heterocycles. The SMILES string of the molecule is Cc1cc(NS(=O)(=O)c2cccnc2)ncc1N. The lowest BCUT2D eigenvalue weighted by Gasteiger charge is -2.08. The first-order chi connectivity index (χ1) is 8.49. The molecule has 6 nitrogen and oxygen atoms in total. The standard InChI is InChI=1S/C11H12N4O2S/c1-8-5-11(14-7-10(8)12)15-18(16,17)9-3-2-4-13-6-9/h2-7H,12H2,1H3,(H,14,15). The van der Waals surface area contributed by atoms with E-state index in [1.165, 1.54) is 24.7 Å². The predicted molar refractivity (Wildman–Crippen MR) is 68.4 cm³/mol. The average molecular weight is 264 g/mol. The summed E-state index contributed by atoms with van der Waals surface area (Å²) >= 11 is 0. The van der Waals surface area contributed by atoms with Crippen molar-refractivity contribution in [2.45, 2.75) is 11.8 Å². The second-order valence-electron chi connectivity index (χ2n) is 3.72. The fraction of sp³-hybridized carbons (Fsp3) is 0.0909. The van der Waals surface area contributed by atoms with Crippen molar-refractivity contribution in [1.82, 2.24) is 9.97 Å². The summed E-state index contributed by atoms with van der Waals surface area (Å²) in [6, 6.07) is 4.58. The van der Waals surface area contributed by atoms with Gasteiger partial charge in [-0.25, -0.2) is 13.4 Å². The summed E-state index contributed by atoms with van der Waals surface area (Å²) in [5.74, 6) is 0.227. The van der Waals surface area contributed by atoms with Crippen molar-refractivity contribution in [3.8, 4) is 0 Å². The number of nitrogens with two attached hydrogens (primary N) is 1. The Bertz CT molecular complexity index is 656.